The molecule has 0 aromatic rings. The molecule has 1 saturated heterocycles. The Kier molecular flexibility index (Phi) is 3.80. The van der Waals surface area contributed by atoms with Crippen molar-refractivity contribution in [1.82, 2.24) is 15.8 Å². The Morgan fingerprint density at radius 3 is 2.23 bits per heavy atom. The maximum atomic E-state index is 12.1. The summed E-state index contributed by atoms with van der Waals surface area (Å²) in [6, 6.07) is 0. The van der Waals surface area contributed by atoms with Gasteiger partial charge in [0.15, 0.2) is 0 Å². The maximum absolute atomic E-state index is 12.1. The molecule has 0 spiro atoms. The number of nitrogens with zero attached hydrogens (tertiary/aromatic N) is 1. The third-order valence-electron chi connectivity index (χ3n) is 6.39. The van der Waals surface area contributed by atoms with Gasteiger partial charge in [-0.05, 0) is 63.7 Å². The summed E-state index contributed by atoms with van der Waals surface area (Å²) in [6.07, 6.45) is 5.32. The number of likely N-dealkylation sites (tertiary alicyclic amines) is 1. The van der Waals surface area contributed by atoms with Crippen molar-refractivity contribution >= 4 is 17.9 Å². The van der Waals surface area contributed by atoms with Gasteiger partial charge in [0.25, 0.3) is 0 Å². The lowest BCUT2D eigenvalue weighted by atomic mass is 9.30. The van der Waals surface area contributed by atoms with E-state index in [2.05, 4.69) is 10.9 Å². The van der Waals surface area contributed by atoms with Crippen LogP contribution in [0.4, 0.5) is 4.79 Å². The maximum Gasteiger partial charge on any atom is 0.410 e. The number of carbonyl (C=O) groups excluding carboxylic acids is 3. The molecule has 0 aromatic heterocycles. The van der Waals surface area contributed by atoms with E-state index in [1.54, 1.807) is 4.90 Å². The molecule has 144 valence electrons. The predicted octanol–water partition coefficient (Wildman–Crippen LogP) is 1.97. The third kappa shape index (κ3) is 3.16. The molecule has 3 amide bonds. The van der Waals surface area contributed by atoms with Gasteiger partial charge in [0.05, 0.1) is 0 Å². The number of nitrogens with one attached hydrogen (secondary N) is 2. The van der Waals surface area contributed by atoms with Crippen molar-refractivity contribution in [2.45, 2.75) is 64.9 Å². The van der Waals surface area contributed by atoms with Gasteiger partial charge in [-0.25, -0.2) is 4.79 Å². The zero-order valence-electron chi connectivity index (χ0n) is 15.9. The van der Waals surface area contributed by atoms with Crippen LogP contribution >= 0.6 is 0 Å². The normalized spacial score (nSPS) is 32.7. The largest absolute Gasteiger partial charge is 0.444 e. The molecule has 0 radical (unpaired) electrons. The Morgan fingerprint density at radius 1 is 1.08 bits per heavy atom. The standard InChI is InChI=1S/C19H29N3O4/c1-17(2,3)26-16(25)22-7-13(8-22)19-9-18(10-19,11-19)6-14(23)20-21-15(24)12-4-5-12/h12-13H,4-11H2,1-3H3,(H,20,23)(H,21,24). The topological polar surface area (TPSA) is 87.7 Å². The van der Waals surface area contributed by atoms with Gasteiger partial charge in [-0.15, -0.1) is 0 Å². The number of hydrazine groups is 1. The third-order valence-corrected chi connectivity index (χ3v) is 6.39. The van der Waals surface area contributed by atoms with E-state index in [4.69, 9.17) is 4.74 Å². The number of rotatable bonds is 4. The fourth-order valence-electron chi connectivity index (χ4n) is 5.01. The van der Waals surface area contributed by atoms with Crippen molar-refractivity contribution in [2.75, 3.05) is 13.1 Å². The van der Waals surface area contributed by atoms with Crippen LogP contribution in [0.1, 0.15) is 59.3 Å². The van der Waals surface area contributed by atoms with Gasteiger partial charge in [0, 0.05) is 31.3 Å². The van der Waals surface area contributed by atoms with Crippen LogP contribution in [0.5, 0.6) is 0 Å². The molecule has 0 unspecified atom stereocenters. The summed E-state index contributed by atoms with van der Waals surface area (Å²) >= 11 is 0. The molecule has 1 aliphatic heterocycles. The molecule has 26 heavy (non-hydrogen) atoms. The molecule has 5 rings (SSSR count). The average molecular weight is 363 g/mol. The molecule has 1 heterocycles. The molecule has 2 N–H and O–H groups in total. The highest BCUT2D eigenvalue weighted by molar-refractivity contribution is 5.85. The molecule has 4 aliphatic carbocycles. The molecule has 7 nitrogen and oxygen atoms in total. The Balaban J connectivity index is 1.16. The number of hydrogen-bond acceptors (Lipinski definition) is 4. The van der Waals surface area contributed by atoms with Gasteiger partial charge < -0.3 is 9.64 Å². The number of amides is 3. The molecule has 2 bridgehead atoms. The Bertz CT molecular complexity index is 624. The van der Waals surface area contributed by atoms with Crippen LogP contribution in [0.2, 0.25) is 0 Å². The van der Waals surface area contributed by atoms with E-state index in [9.17, 15) is 14.4 Å². The first-order valence-corrected chi connectivity index (χ1v) is 9.67. The molecular formula is C19H29N3O4. The van der Waals surface area contributed by atoms with Crippen molar-refractivity contribution in [1.29, 1.82) is 0 Å². The zero-order valence-corrected chi connectivity index (χ0v) is 15.9. The van der Waals surface area contributed by atoms with Crippen molar-refractivity contribution in [3.63, 3.8) is 0 Å². The molecule has 5 aliphatic rings. The Morgan fingerprint density at radius 2 is 1.69 bits per heavy atom. The minimum atomic E-state index is -0.454. The van der Waals surface area contributed by atoms with Crippen LogP contribution < -0.4 is 10.9 Å². The summed E-state index contributed by atoms with van der Waals surface area (Å²) < 4.78 is 5.41. The predicted molar refractivity (Wildman–Crippen MR) is 93.6 cm³/mol. The summed E-state index contributed by atoms with van der Waals surface area (Å²) in [5, 5.41) is 0. The second-order valence-corrected chi connectivity index (χ2v) is 9.96. The van der Waals surface area contributed by atoms with Crippen LogP contribution in [0, 0.1) is 22.7 Å². The quantitative estimate of drug-likeness (QED) is 0.748. The highest BCUT2D eigenvalue weighted by Gasteiger charge is 2.71. The Hall–Kier alpha value is -1.79. The lowest BCUT2D eigenvalue weighted by molar-refractivity contribution is -0.256. The van der Waals surface area contributed by atoms with Crippen molar-refractivity contribution < 1.29 is 19.1 Å². The molecule has 0 atom stereocenters. The van der Waals surface area contributed by atoms with Gasteiger partial charge >= 0.3 is 6.09 Å². The van der Waals surface area contributed by atoms with Gasteiger partial charge in [-0.1, -0.05) is 0 Å². The van der Waals surface area contributed by atoms with Gasteiger partial charge in [0.2, 0.25) is 11.8 Å². The second kappa shape index (κ2) is 5.60. The SMILES string of the molecule is CC(C)(C)OC(=O)N1CC(C23CC(CC(=O)NNC(=O)C4CC4)(C2)C3)C1. The zero-order chi connectivity index (χ0) is 18.7. The minimum absolute atomic E-state index is 0.0656. The number of hydrogen-bond donors (Lipinski definition) is 2. The van der Waals surface area contributed by atoms with Gasteiger partial charge in [-0.2, -0.15) is 0 Å². The van der Waals surface area contributed by atoms with Gasteiger partial charge in [0.1, 0.15) is 5.60 Å². The summed E-state index contributed by atoms with van der Waals surface area (Å²) in [5.41, 5.74) is 5.09. The molecule has 7 heteroatoms. The van der Waals surface area contributed by atoms with Crippen LogP contribution in [-0.4, -0.2) is 41.5 Å². The van der Waals surface area contributed by atoms with E-state index in [1.165, 1.54) is 0 Å². The fourth-order valence-corrected chi connectivity index (χ4v) is 5.01. The summed E-state index contributed by atoms with van der Waals surface area (Å²) in [7, 11) is 0. The minimum Gasteiger partial charge on any atom is -0.444 e. The second-order valence-electron chi connectivity index (χ2n) is 9.96. The van der Waals surface area contributed by atoms with Crippen LogP contribution in [0.25, 0.3) is 0 Å². The molecule has 4 saturated carbocycles. The van der Waals surface area contributed by atoms with E-state index < -0.39 is 5.60 Å². The average Bonchev–Trinajstić information content (AvgIpc) is 3.21. The first kappa shape index (κ1) is 17.6. The fraction of sp³-hybridized carbons (Fsp3) is 0.842. The molecule has 0 aromatic carbocycles. The number of carbonyl (C=O) groups is 3. The van der Waals surface area contributed by atoms with Crippen LogP contribution in [-0.2, 0) is 14.3 Å². The summed E-state index contributed by atoms with van der Waals surface area (Å²) in [4.78, 5) is 37.4. The monoisotopic (exact) mass is 363 g/mol. The Labute approximate surface area is 154 Å². The number of ether oxygens (including phenoxy) is 1. The summed E-state index contributed by atoms with van der Waals surface area (Å²) in [6.45, 7) is 7.19. The first-order chi connectivity index (χ1) is 12.1. The van der Waals surface area contributed by atoms with E-state index >= 15 is 0 Å². The van der Waals surface area contributed by atoms with Gasteiger partial charge in [-0.3, -0.25) is 20.4 Å². The first-order valence-electron chi connectivity index (χ1n) is 9.67. The van der Waals surface area contributed by atoms with Crippen molar-refractivity contribution in [2.24, 2.45) is 22.7 Å². The molecular weight excluding hydrogens is 334 g/mol. The van der Waals surface area contributed by atoms with E-state index in [0.717, 1.165) is 45.2 Å². The van der Waals surface area contributed by atoms with Crippen LogP contribution in [0.3, 0.4) is 0 Å². The van der Waals surface area contributed by atoms with E-state index in [1.807, 2.05) is 20.8 Å². The van der Waals surface area contributed by atoms with Crippen LogP contribution in [0.15, 0.2) is 0 Å². The highest BCUT2D eigenvalue weighted by atomic mass is 16.6. The molecule has 5 fully saturated rings. The smallest absolute Gasteiger partial charge is 0.410 e. The highest BCUT2D eigenvalue weighted by Crippen LogP contribution is 2.78. The summed E-state index contributed by atoms with van der Waals surface area (Å²) in [5.74, 6) is 0.481. The van der Waals surface area contributed by atoms with Crippen molar-refractivity contribution in [3.8, 4) is 0 Å². The lowest BCUT2D eigenvalue weighted by Gasteiger charge is -2.75. The lowest BCUT2D eigenvalue weighted by Crippen LogP contribution is -2.72. The van der Waals surface area contributed by atoms with E-state index in [-0.39, 0.29) is 29.2 Å². The van der Waals surface area contributed by atoms with Crippen molar-refractivity contribution in [3.05, 3.63) is 0 Å². The van der Waals surface area contributed by atoms with E-state index in [0.29, 0.717) is 17.8 Å².